The molecule has 0 unspecified atom stereocenters. The normalized spacial score (nSPS) is 15.9. The molecule has 1 aliphatic rings. The van der Waals surface area contributed by atoms with Crippen molar-refractivity contribution in [3.63, 3.8) is 0 Å². The molecule has 1 amide bonds. The topological polar surface area (TPSA) is 54.9 Å². The number of aryl methyl sites for hydroxylation is 1. The molecule has 4 rings (SSSR count). The third-order valence-electron chi connectivity index (χ3n) is 5.06. The van der Waals surface area contributed by atoms with E-state index in [2.05, 4.69) is 51.9 Å². The van der Waals surface area contributed by atoms with Crippen molar-refractivity contribution in [3.8, 4) is 11.1 Å². The van der Waals surface area contributed by atoms with Crippen molar-refractivity contribution in [1.82, 2.24) is 15.3 Å². The van der Waals surface area contributed by atoms with Crippen LogP contribution in [0.3, 0.4) is 0 Å². The first-order chi connectivity index (χ1) is 13.1. The van der Waals surface area contributed by atoms with Gasteiger partial charge in [-0.1, -0.05) is 54.4 Å². The third-order valence-corrected chi connectivity index (χ3v) is 7.04. The molecule has 2 aromatic heterocycles. The summed E-state index contributed by atoms with van der Waals surface area (Å²) in [5.41, 5.74) is 3.54. The van der Waals surface area contributed by atoms with E-state index in [1.165, 1.54) is 30.2 Å². The first-order valence-corrected chi connectivity index (χ1v) is 11.1. The molecule has 0 saturated heterocycles. The van der Waals surface area contributed by atoms with Crippen LogP contribution in [-0.4, -0.2) is 27.2 Å². The summed E-state index contributed by atoms with van der Waals surface area (Å²) in [5.74, 6) is 0.103. The SMILES string of the molecule is Cc1ccc(-c2csc3ncnc(S[C@H](C)C(=O)NC4CCCC4)c23)cc1. The molecule has 1 fully saturated rings. The van der Waals surface area contributed by atoms with Gasteiger partial charge >= 0.3 is 0 Å². The number of nitrogens with one attached hydrogen (secondary N) is 1. The van der Waals surface area contributed by atoms with Crippen molar-refractivity contribution in [1.29, 1.82) is 0 Å². The first-order valence-electron chi connectivity index (χ1n) is 9.38. The predicted molar refractivity (Wildman–Crippen MR) is 113 cm³/mol. The maximum absolute atomic E-state index is 12.6. The molecule has 1 N–H and O–H groups in total. The fourth-order valence-corrected chi connectivity index (χ4v) is 5.42. The van der Waals surface area contributed by atoms with Crippen LogP contribution in [0, 0.1) is 6.92 Å². The lowest BCUT2D eigenvalue weighted by Gasteiger charge is -2.16. The molecule has 1 aliphatic carbocycles. The van der Waals surface area contributed by atoms with E-state index in [4.69, 9.17) is 0 Å². The van der Waals surface area contributed by atoms with Gasteiger partial charge in [0.05, 0.1) is 10.6 Å². The van der Waals surface area contributed by atoms with Crippen molar-refractivity contribution in [3.05, 3.63) is 41.5 Å². The van der Waals surface area contributed by atoms with Crippen molar-refractivity contribution in [2.75, 3.05) is 0 Å². The van der Waals surface area contributed by atoms with E-state index in [9.17, 15) is 4.79 Å². The number of rotatable bonds is 5. The molecule has 140 valence electrons. The molecular weight excluding hydrogens is 374 g/mol. The van der Waals surface area contributed by atoms with E-state index in [-0.39, 0.29) is 11.2 Å². The number of aromatic nitrogens is 2. The van der Waals surface area contributed by atoms with Crippen LogP contribution in [0.15, 0.2) is 41.0 Å². The lowest BCUT2D eigenvalue weighted by molar-refractivity contribution is -0.120. The minimum atomic E-state index is -0.186. The summed E-state index contributed by atoms with van der Waals surface area (Å²) in [4.78, 5) is 22.5. The molecule has 0 radical (unpaired) electrons. The van der Waals surface area contributed by atoms with Crippen LogP contribution < -0.4 is 5.32 Å². The van der Waals surface area contributed by atoms with E-state index in [0.717, 1.165) is 39.2 Å². The highest BCUT2D eigenvalue weighted by Crippen LogP contribution is 2.39. The Bertz CT molecular complexity index is 946. The van der Waals surface area contributed by atoms with Gasteiger partial charge in [0.25, 0.3) is 0 Å². The fourth-order valence-electron chi connectivity index (χ4n) is 3.49. The van der Waals surface area contributed by atoms with Gasteiger partial charge in [-0.2, -0.15) is 0 Å². The second-order valence-electron chi connectivity index (χ2n) is 7.12. The van der Waals surface area contributed by atoms with E-state index in [0.29, 0.717) is 6.04 Å². The summed E-state index contributed by atoms with van der Waals surface area (Å²) in [5, 5.41) is 7.08. The van der Waals surface area contributed by atoms with Crippen LogP contribution >= 0.6 is 23.1 Å². The van der Waals surface area contributed by atoms with Gasteiger partial charge in [0.2, 0.25) is 5.91 Å². The number of nitrogens with zero attached hydrogens (tertiary/aromatic N) is 2. The van der Waals surface area contributed by atoms with Gasteiger partial charge in [-0.15, -0.1) is 11.3 Å². The Kier molecular flexibility index (Phi) is 5.45. The minimum absolute atomic E-state index is 0.103. The fraction of sp³-hybridized carbons (Fsp3) is 0.381. The maximum Gasteiger partial charge on any atom is 0.233 e. The molecule has 1 aromatic carbocycles. The molecule has 6 heteroatoms. The van der Waals surface area contributed by atoms with Gasteiger partial charge in [0, 0.05) is 17.0 Å². The van der Waals surface area contributed by atoms with Gasteiger partial charge in [-0.25, -0.2) is 9.97 Å². The average molecular weight is 398 g/mol. The molecule has 2 heterocycles. The Balaban J connectivity index is 1.60. The number of hydrogen-bond acceptors (Lipinski definition) is 5. The van der Waals surface area contributed by atoms with Gasteiger partial charge in [-0.05, 0) is 32.3 Å². The van der Waals surface area contributed by atoms with Crippen molar-refractivity contribution in [2.24, 2.45) is 0 Å². The van der Waals surface area contributed by atoms with Crippen molar-refractivity contribution < 1.29 is 4.79 Å². The highest BCUT2D eigenvalue weighted by Gasteiger charge is 2.23. The van der Waals surface area contributed by atoms with Crippen LogP contribution in [0.4, 0.5) is 0 Å². The molecule has 0 bridgehead atoms. The van der Waals surface area contributed by atoms with Crippen LogP contribution in [0.1, 0.15) is 38.2 Å². The predicted octanol–water partition coefficient (Wildman–Crippen LogP) is 5.21. The number of carbonyl (C=O) groups excluding carboxylic acids is 1. The Morgan fingerprint density at radius 1 is 1.22 bits per heavy atom. The Hall–Kier alpha value is -1.92. The van der Waals surface area contributed by atoms with E-state index in [1.807, 2.05) is 6.92 Å². The molecule has 27 heavy (non-hydrogen) atoms. The van der Waals surface area contributed by atoms with E-state index in [1.54, 1.807) is 17.7 Å². The smallest absolute Gasteiger partial charge is 0.233 e. The van der Waals surface area contributed by atoms with Crippen LogP contribution in [-0.2, 0) is 4.79 Å². The van der Waals surface area contributed by atoms with E-state index < -0.39 is 0 Å². The number of fused-ring (bicyclic) bond motifs is 1. The number of thioether (sulfide) groups is 1. The number of carbonyl (C=O) groups is 1. The zero-order chi connectivity index (χ0) is 18.8. The molecule has 3 aromatic rings. The Labute approximate surface area is 167 Å². The second kappa shape index (κ2) is 7.98. The third kappa shape index (κ3) is 4.01. The van der Waals surface area contributed by atoms with Crippen molar-refractivity contribution >= 4 is 39.2 Å². The van der Waals surface area contributed by atoms with Gasteiger partial charge in [0.1, 0.15) is 16.2 Å². The van der Waals surface area contributed by atoms with Crippen LogP contribution in [0.2, 0.25) is 0 Å². The average Bonchev–Trinajstić information content (AvgIpc) is 3.32. The number of thiophene rings is 1. The molecule has 4 nitrogen and oxygen atoms in total. The summed E-state index contributed by atoms with van der Waals surface area (Å²) >= 11 is 3.15. The second-order valence-corrected chi connectivity index (χ2v) is 9.31. The number of benzene rings is 1. The van der Waals surface area contributed by atoms with Gasteiger partial charge in [-0.3, -0.25) is 4.79 Å². The summed E-state index contributed by atoms with van der Waals surface area (Å²) in [6.07, 6.45) is 6.23. The number of hydrogen-bond donors (Lipinski definition) is 1. The zero-order valence-electron chi connectivity index (χ0n) is 15.6. The molecular formula is C21H23N3OS2. The summed E-state index contributed by atoms with van der Waals surface area (Å²) in [6.45, 7) is 4.05. The quantitative estimate of drug-likeness (QED) is 0.474. The van der Waals surface area contributed by atoms with Gasteiger partial charge < -0.3 is 5.32 Å². The van der Waals surface area contributed by atoms with E-state index >= 15 is 0 Å². The Morgan fingerprint density at radius 2 is 1.96 bits per heavy atom. The van der Waals surface area contributed by atoms with Crippen molar-refractivity contribution in [2.45, 2.75) is 55.8 Å². The highest BCUT2D eigenvalue weighted by molar-refractivity contribution is 8.00. The van der Waals surface area contributed by atoms with Crippen LogP contribution in [0.5, 0.6) is 0 Å². The number of amides is 1. The standard InChI is InChI=1S/C21H23N3OS2/c1-13-7-9-15(10-8-13)17-11-26-20-18(17)21(23-12-22-20)27-14(2)19(25)24-16-5-3-4-6-16/h7-12,14,16H,3-6H2,1-2H3,(H,24,25)/t14-/m1/s1. The van der Waals surface area contributed by atoms with Gasteiger partial charge in [0.15, 0.2) is 0 Å². The highest BCUT2D eigenvalue weighted by atomic mass is 32.2. The van der Waals surface area contributed by atoms with Crippen LogP contribution in [0.25, 0.3) is 21.3 Å². The summed E-state index contributed by atoms with van der Waals surface area (Å²) in [7, 11) is 0. The molecule has 1 saturated carbocycles. The monoisotopic (exact) mass is 397 g/mol. The largest absolute Gasteiger partial charge is 0.352 e. The minimum Gasteiger partial charge on any atom is -0.352 e. The zero-order valence-corrected chi connectivity index (χ0v) is 17.2. The Morgan fingerprint density at radius 3 is 2.70 bits per heavy atom. The molecule has 0 aliphatic heterocycles. The first kappa shape index (κ1) is 18.4. The molecule has 0 spiro atoms. The lowest BCUT2D eigenvalue weighted by atomic mass is 10.1. The molecule has 1 atom stereocenters. The summed E-state index contributed by atoms with van der Waals surface area (Å²) in [6, 6.07) is 8.85. The summed E-state index contributed by atoms with van der Waals surface area (Å²) < 4.78 is 0. The maximum atomic E-state index is 12.6. The lowest BCUT2D eigenvalue weighted by Crippen LogP contribution is -2.37.